The molecular weight excluding hydrogens is 713 g/mol. The van der Waals surface area contributed by atoms with Crippen LogP contribution < -0.4 is 0 Å². The number of rotatable bonds is 37. The fraction of sp³-hybridized carbons (Fsp3) is 0.689. The number of phosphoric ester groups is 1. The van der Waals surface area contributed by atoms with E-state index in [4.69, 9.17) is 18.5 Å². The van der Waals surface area contributed by atoms with Crippen LogP contribution in [0, 0.1) is 0 Å². The lowest BCUT2D eigenvalue weighted by Gasteiger charge is -2.24. The normalized spacial score (nSPS) is 14.4. The standard InChI is InChI=1S/C45H78NO8P/c1-6-8-10-12-14-16-18-20-22-23-24-26-27-29-31-33-35-37-44(47)51-41-43(42-53-55(49,50)52-40-39-46(3,4)5)54-45(48)38-36-34-32-30-28-25-21-19-17-15-13-11-9-7-2/h13-16,19-22,24,26,29,31,43H,6-12,17-18,23,25,27-28,30,32-42H2,1-5H3/p+1/b15-13+,16-14+,21-19+,22-20+,26-24+,31-29+/t43-/m1/s1. The average Bonchev–Trinajstić information content (AvgIpc) is 3.13. The fourth-order valence-corrected chi connectivity index (χ4v) is 5.82. The lowest BCUT2D eigenvalue weighted by atomic mass is 10.1. The molecule has 10 heteroatoms. The first-order chi connectivity index (χ1) is 26.5. The lowest BCUT2D eigenvalue weighted by Crippen LogP contribution is -2.37. The topological polar surface area (TPSA) is 108 Å². The van der Waals surface area contributed by atoms with E-state index in [9.17, 15) is 19.0 Å². The summed E-state index contributed by atoms with van der Waals surface area (Å²) in [5, 5.41) is 0. The van der Waals surface area contributed by atoms with Crippen molar-refractivity contribution < 1.29 is 42.1 Å². The summed E-state index contributed by atoms with van der Waals surface area (Å²) in [6.07, 6.45) is 45.2. The highest BCUT2D eigenvalue weighted by Crippen LogP contribution is 2.43. The van der Waals surface area contributed by atoms with E-state index >= 15 is 0 Å². The number of esters is 2. The number of likely N-dealkylation sites (N-methyl/N-ethyl adjacent to an activating group) is 1. The van der Waals surface area contributed by atoms with Gasteiger partial charge in [-0.25, -0.2) is 4.57 Å². The quantitative estimate of drug-likeness (QED) is 0.0218. The third-order valence-corrected chi connectivity index (χ3v) is 9.44. The van der Waals surface area contributed by atoms with Gasteiger partial charge in [-0.1, -0.05) is 132 Å². The third-order valence-electron chi connectivity index (χ3n) is 8.46. The van der Waals surface area contributed by atoms with Crippen LogP contribution in [0.25, 0.3) is 0 Å². The largest absolute Gasteiger partial charge is 0.472 e. The summed E-state index contributed by atoms with van der Waals surface area (Å²) >= 11 is 0. The van der Waals surface area contributed by atoms with Crippen molar-refractivity contribution >= 4 is 19.8 Å². The molecule has 0 aliphatic rings. The summed E-state index contributed by atoms with van der Waals surface area (Å²) in [6.45, 7) is 4.25. The molecule has 1 unspecified atom stereocenters. The summed E-state index contributed by atoms with van der Waals surface area (Å²) in [5.41, 5.74) is 0. The summed E-state index contributed by atoms with van der Waals surface area (Å²) < 4.78 is 34.2. The second kappa shape index (κ2) is 37.1. The predicted molar refractivity (Wildman–Crippen MR) is 229 cm³/mol. The van der Waals surface area contributed by atoms with E-state index in [-0.39, 0.29) is 26.1 Å². The number of carbonyl (C=O) groups is 2. The second-order valence-electron chi connectivity index (χ2n) is 15.0. The van der Waals surface area contributed by atoms with E-state index in [0.717, 1.165) is 70.6 Å². The first-order valence-corrected chi connectivity index (χ1v) is 22.7. The van der Waals surface area contributed by atoms with Crippen LogP contribution >= 0.6 is 7.82 Å². The van der Waals surface area contributed by atoms with Crippen molar-refractivity contribution in [1.29, 1.82) is 0 Å². The molecule has 316 valence electrons. The van der Waals surface area contributed by atoms with Crippen LogP contribution in [0.15, 0.2) is 72.9 Å². The fourth-order valence-electron chi connectivity index (χ4n) is 5.08. The zero-order chi connectivity index (χ0) is 40.7. The van der Waals surface area contributed by atoms with Gasteiger partial charge in [-0.05, 0) is 77.0 Å². The number of ether oxygens (including phenoxy) is 2. The zero-order valence-electron chi connectivity index (χ0n) is 35.4. The number of hydrogen-bond donors (Lipinski definition) is 1. The van der Waals surface area contributed by atoms with Crippen LogP contribution in [-0.2, 0) is 32.7 Å². The van der Waals surface area contributed by atoms with Crippen LogP contribution in [-0.4, -0.2) is 74.9 Å². The van der Waals surface area contributed by atoms with Gasteiger partial charge in [-0.15, -0.1) is 0 Å². The van der Waals surface area contributed by atoms with Gasteiger partial charge in [-0.3, -0.25) is 18.6 Å². The summed E-state index contributed by atoms with van der Waals surface area (Å²) in [6, 6.07) is 0. The number of unbranched alkanes of at least 4 members (excludes halogenated alkanes) is 11. The summed E-state index contributed by atoms with van der Waals surface area (Å²) in [5.74, 6) is -0.888. The highest BCUT2D eigenvalue weighted by Gasteiger charge is 2.27. The maximum Gasteiger partial charge on any atom is 0.472 e. The van der Waals surface area contributed by atoms with Gasteiger partial charge in [0.2, 0.25) is 0 Å². The lowest BCUT2D eigenvalue weighted by molar-refractivity contribution is -0.870. The molecule has 0 radical (unpaired) electrons. The van der Waals surface area contributed by atoms with Crippen molar-refractivity contribution in [1.82, 2.24) is 0 Å². The molecule has 0 heterocycles. The molecule has 0 bridgehead atoms. The average molecular weight is 793 g/mol. The molecule has 0 aromatic rings. The molecule has 0 rings (SSSR count). The predicted octanol–water partition coefficient (Wildman–Crippen LogP) is 11.9. The number of phosphoric acid groups is 1. The van der Waals surface area contributed by atoms with Crippen molar-refractivity contribution in [2.45, 2.75) is 155 Å². The number of nitrogens with zero attached hydrogens (tertiary/aromatic N) is 1. The molecule has 0 fully saturated rings. The Labute approximate surface area is 336 Å². The van der Waals surface area contributed by atoms with E-state index in [1.165, 1.54) is 38.5 Å². The van der Waals surface area contributed by atoms with E-state index < -0.39 is 32.5 Å². The minimum Gasteiger partial charge on any atom is -0.462 e. The Balaban J connectivity index is 4.52. The number of hydrogen-bond acceptors (Lipinski definition) is 7. The molecule has 0 aliphatic carbocycles. The monoisotopic (exact) mass is 793 g/mol. The molecule has 0 aromatic heterocycles. The number of allylic oxidation sites excluding steroid dienone is 12. The molecule has 0 aliphatic heterocycles. The Morgan fingerprint density at radius 2 is 1.02 bits per heavy atom. The number of quaternary nitrogens is 1. The van der Waals surface area contributed by atoms with E-state index in [0.29, 0.717) is 23.9 Å². The molecule has 0 spiro atoms. The van der Waals surface area contributed by atoms with Crippen molar-refractivity contribution in [3.63, 3.8) is 0 Å². The minimum atomic E-state index is -4.39. The first-order valence-electron chi connectivity index (χ1n) is 21.2. The minimum absolute atomic E-state index is 0.0168. The summed E-state index contributed by atoms with van der Waals surface area (Å²) in [4.78, 5) is 35.3. The molecule has 1 N–H and O–H groups in total. The molecular formula is C45H79NO8P+. The molecule has 0 aromatic carbocycles. The maximum atomic E-state index is 12.7. The van der Waals surface area contributed by atoms with Gasteiger partial charge in [0.15, 0.2) is 6.10 Å². The van der Waals surface area contributed by atoms with Crippen molar-refractivity contribution in [3.05, 3.63) is 72.9 Å². The Morgan fingerprint density at radius 1 is 0.564 bits per heavy atom. The van der Waals surface area contributed by atoms with Gasteiger partial charge < -0.3 is 18.9 Å². The number of carbonyl (C=O) groups excluding carboxylic acids is 2. The van der Waals surface area contributed by atoms with Crippen molar-refractivity contribution in [3.8, 4) is 0 Å². The zero-order valence-corrected chi connectivity index (χ0v) is 36.3. The van der Waals surface area contributed by atoms with E-state index in [1.54, 1.807) is 0 Å². The Bertz CT molecular complexity index is 1170. The molecule has 2 atom stereocenters. The van der Waals surface area contributed by atoms with Crippen LogP contribution in [0.2, 0.25) is 0 Å². The Morgan fingerprint density at radius 3 is 1.56 bits per heavy atom. The SMILES string of the molecule is CCCC/C=C/C/C=C/CCCCCCCC(=O)O[C@H](COC(=O)CCC/C=C/C/C=C/C/C=C/C/C=C/CCCCC)COP(=O)(O)OCC[N+](C)(C)C. The van der Waals surface area contributed by atoms with Gasteiger partial charge in [0.05, 0.1) is 27.7 Å². The Kier molecular flexibility index (Phi) is 35.3. The molecule has 0 amide bonds. The van der Waals surface area contributed by atoms with Gasteiger partial charge in [0, 0.05) is 12.8 Å². The van der Waals surface area contributed by atoms with Crippen molar-refractivity contribution in [2.24, 2.45) is 0 Å². The van der Waals surface area contributed by atoms with Gasteiger partial charge in [0.25, 0.3) is 0 Å². The molecule has 0 saturated heterocycles. The van der Waals surface area contributed by atoms with Crippen molar-refractivity contribution in [2.75, 3.05) is 47.5 Å². The smallest absolute Gasteiger partial charge is 0.462 e. The molecule has 0 saturated carbocycles. The van der Waals surface area contributed by atoms with E-state index in [1.807, 2.05) is 21.1 Å². The van der Waals surface area contributed by atoms with Crippen LogP contribution in [0.5, 0.6) is 0 Å². The second-order valence-corrected chi connectivity index (χ2v) is 16.5. The maximum absolute atomic E-state index is 12.7. The van der Waals surface area contributed by atoms with E-state index in [2.05, 4.69) is 86.8 Å². The third kappa shape index (κ3) is 40.9. The molecule has 9 nitrogen and oxygen atoms in total. The van der Waals surface area contributed by atoms with Gasteiger partial charge in [-0.2, -0.15) is 0 Å². The molecule has 55 heavy (non-hydrogen) atoms. The highest BCUT2D eigenvalue weighted by molar-refractivity contribution is 7.47. The van der Waals surface area contributed by atoms with Crippen LogP contribution in [0.4, 0.5) is 0 Å². The first kappa shape index (κ1) is 52.5. The van der Waals surface area contributed by atoms with Gasteiger partial charge in [0.1, 0.15) is 19.8 Å². The highest BCUT2D eigenvalue weighted by atomic mass is 31.2. The van der Waals surface area contributed by atoms with Gasteiger partial charge >= 0.3 is 19.8 Å². The van der Waals surface area contributed by atoms with Crippen LogP contribution in [0.3, 0.4) is 0 Å². The van der Waals surface area contributed by atoms with Crippen LogP contribution in [0.1, 0.15) is 149 Å². The Hall–Kier alpha value is -2.55. The summed E-state index contributed by atoms with van der Waals surface area (Å²) in [7, 11) is 1.42.